The lowest BCUT2D eigenvalue weighted by atomic mass is 9.97. The summed E-state index contributed by atoms with van der Waals surface area (Å²) < 4.78 is 0. The molecule has 1 aliphatic rings. The number of nitrogens with one attached hydrogen (secondary N) is 3. The number of amidine groups is 1. The predicted molar refractivity (Wildman–Crippen MR) is 68.4 cm³/mol. The number of hydrogen-bond donors (Lipinski definition) is 3. The molecule has 1 fully saturated rings. The van der Waals surface area contributed by atoms with E-state index in [2.05, 4.69) is 10.6 Å². The molecule has 1 aromatic carbocycles. The first kappa shape index (κ1) is 11.4. The Labute approximate surface area is 101 Å². The summed E-state index contributed by atoms with van der Waals surface area (Å²) in [6, 6.07) is 7.50. The van der Waals surface area contributed by atoms with Gasteiger partial charge in [0.2, 0.25) is 0 Å². The highest BCUT2D eigenvalue weighted by atomic mass is 35.5. The molecule has 1 aliphatic heterocycles. The molecule has 0 aromatic heterocycles. The molecular formula is C12H16ClN3. The third-order valence-electron chi connectivity index (χ3n) is 2.85. The fourth-order valence-electron chi connectivity index (χ4n) is 1.93. The molecule has 0 spiro atoms. The van der Waals surface area contributed by atoms with Crippen LogP contribution in [0.1, 0.15) is 12.8 Å². The van der Waals surface area contributed by atoms with E-state index in [9.17, 15) is 0 Å². The summed E-state index contributed by atoms with van der Waals surface area (Å²) in [4.78, 5) is 0. The molecule has 1 aromatic rings. The number of benzene rings is 1. The van der Waals surface area contributed by atoms with Gasteiger partial charge in [0, 0.05) is 16.6 Å². The summed E-state index contributed by atoms with van der Waals surface area (Å²) >= 11 is 5.89. The summed E-state index contributed by atoms with van der Waals surface area (Å²) in [7, 11) is 0. The Hall–Kier alpha value is -1.06. The van der Waals surface area contributed by atoms with Crippen molar-refractivity contribution in [3.05, 3.63) is 29.3 Å². The number of rotatable bonds is 2. The van der Waals surface area contributed by atoms with Crippen molar-refractivity contribution in [2.75, 3.05) is 18.4 Å². The third kappa shape index (κ3) is 2.97. The molecule has 0 atom stereocenters. The van der Waals surface area contributed by atoms with Crippen LogP contribution in [0.15, 0.2) is 24.3 Å². The van der Waals surface area contributed by atoms with Gasteiger partial charge < -0.3 is 10.6 Å². The normalized spacial score (nSPS) is 17.1. The highest BCUT2D eigenvalue weighted by Gasteiger charge is 2.17. The fraction of sp³-hybridized carbons (Fsp3) is 0.417. The Morgan fingerprint density at radius 3 is 2.81 bits per heavy atom. The lowest BCUT2D eigenvalue weighted by molar-refractivity contribution is 0.455. The van der Waals surface area contributed by atoms with E-state index in [1.54, 1.807) is 0 Å². The third-order valence-corrected chi connectivity index (χ3v) is 3.09. The van der Waals surface area contributed by atoms with Crippen molar-refractivity contribution < 1.29 is 0 Å². The SMILES string of the molecule is N=C(Nc1cccc(Cl)c1)C1CCNCC1. The molecule has 3 N–H and O–H groups in total. The number of halogens is 1. The summed E-state index contributed by atoms with van der Waals surface area (Å²) in [5, 5.41) is 15.1. The van der Waals surface area contributed by atoms with Crippen molar-refractivity contribution in [2.45, 2.75) is 12.8 Å². The van der Waals surface area contributed by atoms with E-state index in [-0.39, 0.29) is 0 Å². The zero-order valence-corrected chi connectivity index (χ0v) is 9.85. The molecule has 86 valence electrons. The van der Waals surface area contributed by atoms with Crippen molar-refractivity contribution in [3.8, 4) is 0 Å². The molecule has 2 rings (SSSR count). The maximum absolute atomic E-state index is 8.01. The second-order valence-corrected chi connectivity index (χ2v) is 4.51. The van der Waals surface area contributed by atoms with E-state index in [1.165, 1.54) is 0 Å². The maximum Gasteiger partial charge on any atom is 0.101 e. The first-order valence-corrected chi connectivity index (χ1v) is 5.95. The second kappa shape index (κ2) is 5.32. The largest absolute Gasteiger partial charge is 0.344 e. The molecule has 4 heteroatoms. The average Bonchev–Trinajstić information content (AvgIpc) is 2.30. The molecule has 0 bridgehead atoms. The Balaban J connectivity index is 1.96. The van der Waals surface area contributed by atoms with Gasteiger partial charge in [-0.3, -0.25) is 5.41 Å². The quantitative estimate of drug-likeness (QED) is 0.547. The van der Waals surface area contributed by atoms with Crippen molar-refractivity contribution in [1.82, 2.24) is 5.32 Å². The van der Waals surface area contributed by atoms with Gasteiger partial charge in [-0.05, 0) is 44.1 Å². The fourth-order valence-corrected chi connectivity index (χ4v) is 2.12. The average molecular weight is 238 g/mol. The van der Waals surface area contributed by atoms with Gasteiger partial charge in [-0.1, -0.05) is 17.7 Å². The van der Waals surface area contributed by atoms with Crippen LogP contribution in [0.3, 0.4) is 0 Å². The van der Waals surface area contributed by atoms with E-state index in [0.29, 0.717) is 16.8 Å². The van der Waals surface area contributed by atoms with E-state index in [0.717, 1.165) is 31.6 Å². The molecule has 0 aliphatic carbocycles. The van der Waals surface area contributed by atoms with Crippen molar-refractivity contribution in [1.29, 1.82) is 5.41 Å². The molecule has 0 radical (unpaired) electrons. The topological polar surface area (TPSA) is 47.9 Å². The van der Waals surface area contributed by atoms with E-state index < -0.39 is 0 Å². The Kier molecular flexibility index (Phi) is 3.80. The van der Waals surface area contributed by atoms with Crippen molar-refractivity contribution >= 4 is 23.1 Å². The first-order valence-electron chi connectivity index (χ1n) is 5.57. The number of hydrogen-bond acceptors (Lipinski definition) is 2. The summed E-state index contributed by atoms with van der Waals surface area (Å²) in [6.45, 7) is 2.01. The summed E-state index contributed by atoms with van der Waals surface area (Å²) in [6.07, 6.45) is 2.07. The van der Waals surface area contributed by atoms with Crippen LogP contribution in [0.25, 0.3) is 0 Å². The summed E-state index contributed by atoms with van der Waals surface area (Å²) in [5.41, 5.74) is 0.899. The molecule has 16 heavy (non-hydrogen) atoms. The van der Waals surface area contributed by atoms with Gasteiger partial charge in [-0.25, -0.2) is 0 Å². The highest BCUT2D eigenvalue weighted by Crippen LogP contribution is 2.18. The van der Waals surface area contributed by atoms with Crippen molar-refractivity contribution in [2.24, 2.45) is 5.92 Å². The maximum atomic E-state index is 8.01. The molecule has 3 nitrogen and oxygen atoms in total. The molecular weight excluding hydrogens is 222 g/mol. The van der Waals surface area contributed by atoms with Crippen LogP contribution in [0.4, 0.5) is 5.69 Å². The minimum Gasteiger partial charge on any atom is -0.344 e. The molecule has 1 heterocycles. The Morgan fingerprint density at radius 1 is 1.38 bits per heavy atom. The molecule has 1 saturated heterocycles. The van der Waals surface area contributed by atoms with Crippen LogP contribution >= 0.6 is 11.6 Å². The van der Waals surface area contributed by atoms with Crippen LogP contribution < -0.4 is 10.6 Å². The van der Waals surface area contributed by atoms with Gasteiger partial charge >= 0.3 is 0 Å². The molecule has 0 amide bonds. The second-order valence-electron chi connectivity index (χ2n) is 4.07. The number of anilines is 1. The van der Waals surface area contributed by atoms with Gasteiger partial charge in [0.05, 0.1) is 0 Å². The first-order chi connectivity index (χ1) is 7.75. The molecule has 0 unspecified atom stereocenters. The van der Waals surface area contributed by atoms with Gasteiger partial charge in [0.1, 0.15) is 5.84 Å². The Bertz CT molecular complexity index is 372. The van der Waals surface area contributed by atoms with Crippen LogP contribution in [-0.4, -0.2) is 18.9 Å². The van der Waals surface area contributed by atoms with E-state index in [1.807, 2.05) is 24.3 Å². The lowest BCUT2D eigenvalue weighted by Crippen LogP contribution is -2.34. The smallest absolute Gasteiger partial charge is 0.101 e. The van der Waals surface area contributed by atoms with Gasteiger partial charge in [-0.15, -0.1) is 0 Å². The highest BCUT2D eigenvalue weighted by molar-refractivity contribution is 6.30. The Morgan fingerprint density at radius 2 is 2.12 bits per heavy atom. The van der Waals surface area contributed by atoms with Gasteiger partial charge in [0.25, 0.3) is 0 Å². The lowest BCUT2D eigenvalue weighted by Gasteiger charge is -2.24. The van der Waals surface area contributed by atoms with Crippen LogP contribution in [0.5, 0.6) is 0 Å². The molecule has 0 saturated carbocycles. The standard InChI is InChI=1S/C12H16ClN3/c13-10-2-1-3-11(8-10)16-12(14)9-4-6-15-7-5-9/h1-3,8-9,15H,4-7H2,(H2,14,16). The van der Waals surface area contributed by atoms with E-state index >= 15 is 0 Å². The van der Waals surface area contributed by atoms with Gasteiger partial charge in [-0.2, -0.15) is 0 Å². The number of piperidine rings is 1. The van der Waals surface area contributed by atoms with Crippen molar-refractivity contribution in [3.63, 3.8) is 0 Å². The van der Waals surface area contributed by atoms with Gasteiger partial charge in [0.15, 0.2) is 0 Å². The summed E-state index contributed by atoms with van der Waals surface area (Å²) in [5.74, 6) is 0.948. The zero-order chi connectivity index (χ0) is 11.4. The predicted octanol–water partition coefficient (Wildman–Crippen LogP) is 2.73. The van der Waals surface area contributed by atoms with Crippen LogP contribution in [0.2, 0.25) is 5.02 Å². The monoisotopic (exact) mass is 237 g/mol. The zero-order valence-electron chi connectivity index (χ0n) is 9.09. The van der Waals surface area contributed by atoms with Crippen LogP contribution in [-0.2, 0) is 0 Å². The minimum absolute atomic E-state index is 0.347. The van der Waals surface area contributed by atoms with Crippen LogP contribution in [0, 0.1) is 11.3 Å². The van der Waals surface area contributed by atoms with E-state index in [4.69, 9.17) is 17.0 Å². The minimum atomic E-state index is 0.347.